The zero-order chi connectivity index (χ0) is 20.9. The summed E-state index contributed by atoms with van der Waals surface area (Å²) in [6.07, 6.45) is 0.745. The number of rotatable bonds is 7. The van der Waals surface area contributed by atoms with Gasteiger partial charge in [0.25, 0.3) is 15.9 Å². The van der Waals surface area contributed by atoms with Crippen LogP contribution in [-0.4, -0.2) is 14.3 Å². The highest BCUT2D eigenvalue weighted by molar-refractivity contribution is 7.92. The molecule has 1 unspecified atom stereocenters. The van der Waals surface area contributed by atoms with Gasteiger partial charge in [-0.3, -0.25) is 9.52 Å². The predicted molar refractivity (Wildman–Crippen MR) is 115 cm³/mol. The maximum absolute atomic E-state index is 12.8. The molecule has 5 nitrogen and oxygen atoms in total. The second kappa shape index (κ2) is 8.92. The summed E-state index contributed by atoms with van der Waals surface area (Å²) < 4.78 is 27.5. The van der Waals surface area contributed by atoms with Crippen molar-refractivity contribution in [3.05, 3.63) is 95.6 Å². The van der Waals surface area contributed by atoms with Crippen LogP contribution in [0.15, 0.2) is 83.8 Å². The van der Waals surface area contributed by atoms with Gasteiger partial charge in [0.15, 0.2) is 0 Å². The van der Waals surface area contributed by atoms with E-state index in [1.807, 2.05) is 38.1 Å². The first-order valence-electron chi connectivity index (χ1n) is 9.44. The van der Waals surface area contributed by atoms with Crippen molar-refractivity contribution in [1.82, 2.24) is 5.32 Å². The van der Waals surface area contributed by atoms with Crippen LogP contribution in [0, 0.1) is 6.92 Å². The van der Waals surface area contributed by atoms with Crippen LogP contribution in [0.2, 0.25) is 0 Å². The third-order valence-electron chi connectivity index (χ3n) is 4.62. The molecule has 0 aromatic heterocycles. The van der Waals surface area contributed by atoms with Crippen molar-refractivity contribution < 1.29 is 13.2 Å². The highest BCUT2D eigenvalue weighted by Crippen LogP contribution is 2.20. The van der Waals surface area contributed by atoms with Gasteiger partial charge in [-0.25, -0.2) is 8.42 Å². The summed E-state index contributed by atoms with van der Waals surface area (Å²) in [4.78, 5) is 12.9. The summed E-state index contributed by atoms with van der Waals surface area (Å²) in [5.41, 5.74) is 2.93. The summed E-state index contributed by atoms with van der Waals surface area (Å²) >= 11 is 0. The molecule has 2 N–H and O–H groups in total. The molecule has 0 aliphatic carbocycles. The third-order valence-corrected chi connectivity index (χ3v) is 6.02. The van der Waals surface area contributed by atoms with Crippen LogP contribution in [0.1, 0.15) is 40.9 Å². The zero-order valence-electron chi connectivity index (χ0n) is 16.4. The minimum absolute atomic E-state index is 0.118. The van der Waals surface area contributed by atoms with E-state index in [-0.39, 0.29) is 16.8 Å². The first-order valence-corrected chi connectivity index (χ1v) is 10.9. The van der Waals surface area contributed by atoms with Crippen molar-refractivity contribution in [2.24, 2.45) is 0 Å². The molecule has 29 heavy (non-hydrogen) atoms. The highest BCUT2D eigenvalue weighted by atomic mass is 32.2. The molecule has 0 saturated heterocycles. The Morgan fingerprint density at radius 1 is 0.931 bits per heavy atom. The zero-order valence-corrected chi connectivity index (χ0v) is 17.2. The van der Waals surface area contributed by atoms with Crippen LogP contribution >= 0.6 is 0 Å². The topological polar surface area (TPSA) is 75.3 Å². The summed E-state index contributed by atoms with van der Waals surface area (Å²) in [6, 6.07) is 22.5. The van der Waals surface area contributed by atoms with E-state index in [0.717, 1.165) is 17.5 Å². The molecule has 0 aliphatic heterocycles. The summed E-state index contributed by atoms with van der Waals surface area (Å²) in [7, 11) is -3.71. The second-order valence-electron chi connectivity index (χ2n) is 6.84. The van der Waals surface area contributed by atoms with Gasteiger partial charge in [0.2, 0.25) is 0 Å². The van der Waals surface area contributed by atoms with Crippen molar-refractivity contribution in [1.29, 1.82) is 0 Å². The van der Waals surface area contributed by atoms with E-state index < -0.39 is 10.0 Å². The van der Waals surface area contributed by atoms with Crippen molar-refractivity contribution >= 4 is 21.6 Å². The Labute approximate surface area is 171 Å². The van der Waals surface area contributed by atoms with Gasteiger partial charge < -0.3 is 5.32 Å². The van der Waals surface area contributed by atoms with Crippen LogP contribution in [0.25, 0.3) is 0 Å². The van der Waals surface area contributed by atoms with Crippen molar-refractivity contribution in [2.75, 3.05) is 4.72 Å². The van der Waals surface area contributed by atoms with E-state index >= 15 is 0 Å². The second-order valence-corrected chi connectivity index (χ2v) is 8.53. The Kier molecular flexibility index (Phi) is 6.34. The fraction of sp³-hybridized carbons (Fsp3) is 0.174. The molecular weight excluding hydrogens is 384 g/mol. The summed E-state index contributed by atoms with van der Waals surface area (Å²) in [6.45, 7) is 4.03. The van der Waals surface area contributed by atoms with E-state index in [9.17, 15) is 13.2 Å². The molecule has 150 valence electrons. The number of carbonyl (C=O) groups excluding carboxylic acids is 1. The largest absolute Gasteiger partial charge is 0.345 e. The average molecular weight is 409 g/mol. The number of aryl methyl sites for hydroxylation is 1. The number of anilines is 1. The number of hydrogen-bond donors (Lipinski definition) is 2. The molecule has 3 rings (SSSR count). The molecule has 0 bridgehead atoms. The van der Waals surface area contributed by atoms with Crippen LogP contribution in [-0.2, 0) is 10.0 Å². The van der Waals surface area contributed by atoms with E-state index in [4.69, 9.17) is 0 Å². The SMILES string of the molecule is CCC(NC(=O)c1cccc(NS(=O)(=O)c2ccccc2)c1)c1ccc(C)cc1. The normalized spacial score (nSPS) is 12.2. The van der Waals surface area contributed by atoms with E-state index in [0.29, 0.717) is 11.3 Å². The lowest BCUT2D eigenvalue weighted by molar-refractivity contribution is 0.0935. The monoisotopic (exact) mass is 408 g/mol. The molecule has 1 amide bonds. The maximum Gasteiger partial charge on any atom is 0.261 e. The van der Waals surface area contributed by atoms with Gasteiger partial charge in [-0.05, 0) is 49.2 Å². The van der Waals surface area contributed by atoms with Crippen LogP contribution < -0.4 is 10.0 Å². The maximum atomic E-state index is 12.8. The number of amides is 1. The van der Waals surface area contributed by atoms with Crippen LogP contribution in [0.3, 0.4) is 0 Å². The third kappa shape index (κ3) is 5.23. The number of sulfonamides is 1. The lowest BCUT2D eigenvalue weighted by Gasteiger charge is -2.18. The van der Waals surface area contributed by atoms with Crippen molar-refractivity contribution in [3.8, 4) is 0 Å². The quantitative estimate of drug-likeness (QED) is 0.596. The molecule has 0 fully saturated rings. The molecule has 0 heterocycles. The van der Waals surface area contributed by atoms with Gasteiger partial charge >= 0.3 is 0 Å². The Hall–Kier alpha value is -3.12. The van der Waals surface area contributed by atoms with Crippen LogP contribution in [0.4, 0.5) is 5.69 Å². The predicted octanol–water partition coefficient (Wildman–Crippen LogP) is 4.68. The number of carbonyl (C=O) groups is 1. The van der Waals surface area contributed by atoms with Gasteiger partial charge in [0.1, 0.15) is 0 Å². The van der Waals surface area contributed by atoms with Crippen molar-refractivity contribution in [2.45, 2.75) is 31.2 Å². The smallest absolute Gasteiger partial charge is 0.261 e. The molecule has 3 aromatic rings. The van der Waals surface area contributed by atoms with E-state index in [1.165, 1.54) is 18.2 Å². The Morgan fingerprint density at radius 2 is 1.62 bits per heavy atom. The molecule has 0 radical (unpaired) electrons. The number of hydrogen-bond acceptors (Lipinski definition) is 3. The standard InChI is InChI=1S/C23H24N2O3S/c1-3-22(18-14-12-17(2)13-15-18)24-23(26)19-8-7-9-20(16-19)25-29(27,28)21-10-5-4-6-11-21/h4-16,22,25H,3H2,1-2H3,(H,24,26). The minimum atomic E-state index is -3.71. The minimum Gasteiger partial charge on any atom is -0.345 e. The summed E-state index contributed by atoms with van der Waals surface area (Å²) in [5, 5.41) is 3.02. The van der Waals surface area contributed by atoms with Gasteiger partial charge in [-0.1, -0.05) is 61.0 Å². The molecule has 3 aromatic carbocycles. The highest BCUT2D eigenvalue weighted by Gasteiger charge is 2.17. The van der Waals surface area contributed by atoms with Gasteiger partial charge in [0.05, 0.1) is 10.9 Å². The van der Waals surface area contributed by atoms with Crippen LogP contribution in [0.5, 0.6) is 0 Å². The summed E-state index contributed by atoms with van der Waals surface area (Å²) in [5.74, 6) is -0.252. The fourth-order valence-corrected chi connectivity index (χ4v) is 4.07. The average Bonchev–Trinajstić information content (AvgIpc) is 2.73. The van der Waals surface area contributed by atoms with Gasteiger partial charge in [-0.15, -0.1) is 0 Å². The molecule has 0 saturated carbocycles. The molecule has 1 atom stereocenters. The van der Waals surface area contributed by atoms with Gasteiger partial charge in [0, 0.05) is 11.3 Å². The molecule has 6 heteroatoms. The number of benzene rings is 3. The van der Waals surface area contributed by atoms with Crippen molar-refractivity contribution in [3.63, 3.8) is 0 Å². The first-order chi connectivity index (χ1) is 13.9. The van der Waals surface area contributed by atoms with E-state index in [1.54, 1.807) is 36.4 Å². The molecule has 0 aliphatic rings. The molecule has 0 spiro atoms. The Morgan fingerprint density at radius 3 is 2.28 bits per heavy atom. The Bertz CT molecular complexity index is 1080. The first kappa shape index (κ1) is 20.6. The Balaban J connectivity index is 1.76. The van der Waals surface area contributed by atoms with Gasteiger partial charge in [-0.2, -0.15) is 0 Å². The number of nitrogens with one attached hydrogen (secondary N) is 2. The fourth-order valence-electron chi connectivity index (χ4n) is 3.00. The molecular formula is C23H24N2O3S. The lowest BCUT2D eigenvalue weighted by atomic mass is 10.0. The van der Waals surface area contributed by atoms with E-state index in [2.05, 4.69) is 10.0 Å². The lowest BCUT2D eigenvalue weighted by Crippen LogP contribution is -2.28.